The summed E-state index contributed by atoms with van der Waals surface area (Å²) in [7, 11) is 0. The Kier molecular flexibility index (Phi) is 6.16. The Morgan fingerprint density at radius 2 is 1.77 bits per heavy atom. The molecule has 0 unspecified atom stereocenters. The number of hydrogen-bond acceptors (Lipinski definition) is 5. The van der Waals surface area contributed by atoms with Crippen LogP contribution in [0.2, 0.25) is 0 Å². The zero-order valence-corrected chi connectivity index (χ0v) is 17.7. The average molecular weight is 422 g/mol. The van der Waals surface area contributed by atoms with E-state index >= 15 is 0 Å². The van der Waals surface area contributed by atoms with Gasteiger partial charge in [0, 0.05) is 50.4 Å². The minimum absolute atomic E-state index is 0.0870. The van der Waals surface area contributed by atoms with Gasteiger partial charge in [0.2, 0.25) is 5.91 Å². The molecule has 0 aliphatic carbocycles. The highest BCUT2D eigenvalue weighted by atomic mass is 16.6. The van der Waals surface area contributed by atoms with Crippen LogP contribution in [0.15, 0.2) is 48.5 Å². The van der Waals surface area contributed by atoms with Crippen LogP contribution in [0.5, 0.6) is 0 Å². The number of aromatic nitrogens is 2. The minimum atomic E-state index is -0.394. The normalized spacial score (nSPS) is 14.2. The van der Waals surface area contributed by atoms with Crippen LogP contribution >= 0.6 is 0 Å². The molecule has 0 atom stereocenters. The van der Waals surface area contributed by atoms with Gasteiger partial charge in [-0.15, -0.1) is 0 Å². The van der Waals surface area contributed by atoms with Gasteiger partial charge >= 0.3 is 0 Å². The summed E-state index contributed by atoms with van der Waals surface area (Å²) in [6.45, 7) is 5.13. The number of fused-ring (bicyclic) bond motifs is 1. The maximum Gasteiger partial charge on any atom is 0.269 e. The molecule has 0 bridgehead atoms. The van der Waals surface area contributed by atoms with Crippen LogP contribution in [-0.4, -0.2) is 51.5 Å². The summed E-state index contributed by atoms with van der Waals surface area (Å²) in [5.74, 6) is 1.07. The van der Waals surface area contributed by atoms with E-state index in [-0.39, 0.29) is 11.6 Å². The van der Waals surface area contributed by atoms with Gasteiger partial charge in [0.15, 0.2) is 0 Å². The lowest BCUT2D eigenvalue weighted by atomic mass is 10.2. The van der Waals surface area contributed by atoms with E-state index in [4.69, 9.17) is 4.98 Å². The number of benzene rings is 2. The number of anilines is 1. The van der Waals surface area contributed by atoms with Gasteiger partial charge in [-0.25, -0.2) is 4.98 Å². The molecule has 2 heterocycles. The molecule has 1 saturated heterocycles. The van der Waals surface area contributed by atoms with E-state index < -0.39 is 4.92 Å². The van der Waals surface area contributed by atoms with Crippen molar-refractivity contribution in [3.63, 3.8) is 0 Å². The van der Waals surface area contributed by atoms with Gasteiger partial charge in [-0.05, 0) is 30.7 Å². The van der Waals surface area contributed by atoms with Crippen LogP contribution in [0.3, 0.4) is 0 Å². The molecule has 8 nitrogen and oxygen atoms in total. The number of nitro groups is 1. The number of para-hydroxylation sites is 2. The van der Waals surface area contributed by atoms with Gasteiger partial charge in [0.25, 0.3) is 5.69 Å². The van der Waals surface area contributed by atoms with Crippen molar-refractivity contribution in [1.29, 1.82) is 0 Å². The Balaban J connectivity index is 1.42. The second kappa shape index (κ2) is 9.16. The van der Waals surface area contributed by atoms with Crippen LogP contribution < -0.4 is 4.90 Å². The van der Waals surface area contributed by atoms with Gasteiger partial charge in [0.05, 0.1) is 16.0 Å². The first-order valence-electron chi connectivity index (χ1n) is 10.8. The average Bonchev–Trinajstić information content (AvgIpc) is 3.15. The molecular weight excluding hydrogens is 394 g/mol. The number of aryl methyl sites for hydroxylation is 1. The van der Waals surface area contributed by atoms with Gasteiger partial charge < -0.3 is 14.4 Å². The quantitative estimate of drug-likeness (QED) is 0.430. The zero-order valence-electron chi connectivity index (χ0n) is 17.7. The van der Waals surface area contributed by atoms with E-state index in [1.165, 1.54) is 12.1 Å². The maximum atomic E-state index is 13.1. The topological polar surface area (TPSA) is 84.5 Å². The first-order valence-corrected chi connectivity index (χ1v) is 10.8. The number of rotatable bonds is 7. The fourth-order valence-electron chi connectivity index (χ4n) is 4.06. The van der Waals surface area contributed by atoms with Crippen molar-refractivity contribution < 1.29 is 9.72 Å². The smallest absolute Gasteiger partial charge is 0.269 e. The van der Waals surface area contributed by atoms with Crippen LogP contribution in [0.1, 0.15) is 25.6 Å². The lowest BCUT2D eigenvalue weighted by molar-refractivity contribution is -0.384. The lowest BCUT2D eigenvalue weighted by Crippen LogP contribution is -2.49. The highest BCUT2D eigenvalue weighted by molar-refractivity contribution is 5.81. The lowest BCUT2D eigenvalue weighted by Gasteiger charge is -2.36. The van der Waals surface area contributed by atoms with Gasteiger partial charge in [-0.1, -0.05) is 25.5 Å². The molecule has 1 aromatic heterocycles. The summed E-state index contributed by atoms with van der Waals surface area (Å²) < 4.78 is 2.07. The minimum Gasteiger partial charge on any atom is -0.368 e. The third-order valence-electron chi connectivity index (χ3n) is 5.84. The van der Waals surface area contributed by atoms with E-state index in [0.717, 1.165) is 41.8 Å². The van der Waals surface area contributed by atoms with Gasteiger partial charge in [-0.3, -0.25) is 14.9 Å². The number of carbonyl (C=O) groups excluding carboxylic acids is 1. The number of carbonyl (C=O) groups is 1. The number of piperazine rings is 1. The van der Waals surface area contributed by atoms with Crippen LogP contribution in [-0.2, 0) is 17.8 Å². The van der Waals surface area contributed by atoms with Gasteiger partial charge in [-0.2, -0.15) is 0 Å². The highest BCUT2D eigenvalue weighted by Crippen LogP contribution is 2.22. The molecule has 162 valence electrons. The highest BCUT2D eigenvalue weighted by Gasteiger charge is 2.23. The van der Waals surface area contributed by atoms with Crippen LogP contribution in [0.4, 0.5) is 11.4 Å². The Morgan fingerprint density at radius 3 is 2.45 bits per heavy atom. The third-order valence-corrected chi connectivity index (χ3v) is 5.84. The largest absolute Gasteiger partial charge is 0.368 e. The second-order valence-corrected chi connectivity index (χ2v) is 7.85. The van der Waals surface area contributed by atoms with Crippen molar-refractivity contribution in [2.75, 3.05) is 31.1 Å². The molecule has 4 rings (SSSR count). The SMILES string of the molecule is CCCCc1nc2ccccc2n1CC(=O)N1CCN(c2ccc([N+](=O)[O-])cc2)CC1. The number of amides is 1. The summed E-state index contributed by atoms with van der Waals surface area (Å²) in [5.41, 5.74) is 2.97. The van der Waals surface area contributed by atoms with Crippen molar-refractivity contribution in [2.45, 2.75) is 32.7 Å². The Bertz CT molecular complexity index is 1070. The summed E-state index contributed by atoms with van der Waals surface area (Å²) in [6, 6.07) is 14.6. The number of unbranched alkanes of at least 4 members (excludes halogenated alkanes) is 1. The molecule has 1 aliphatic heterocycles. The number of hydrogen-bond donors (Lipinski definition) is 0. The maximum absolute atomic E-state index is 13.1. The summed E-state index contributed by atoms with van der Waals surface area (Å²) in [6.07, 6.45) is 3.00. The van der Waals surface area contributed by atoms with Crippen LogP contribution in [0, 0.1) is 10.1 Å². The summed E-state index contributed by atoms with van der Waals surface area (Å²) in [4.78, 5) is 32.3. The number of nitro benzene ring substituents is 1. The Labute approximate surface area is 181 Å². The molecule has 0 spiro atoms. The molecule has 0 saturated carbocycles. The first-order chi connectivity index (χ1) is 15.1. The molecule has 31 heavy (non-hydrogen) atoms. The number of imidazole rings is 1. The van der Waals surface area contributed by atoms with E-state index in [1.807, 2.05) is 29.2 Å². The fraction of sp³-hybridized carbons (Fsp3) is 0.391. The van der Waals surface area contributed by atoms with Crippen molar-refractivity contribution in [3.05, 3.63) is 64.5 Å². The predicted octanol–water partition coefficient (Wildman–Crippen LogP) is 3.64. The predicted molar refractivity (Wildman–Crippen MR) is 120 cm³/mol. The molecule has 1 aliphatic rings. The van der Waals surface area contributed by atoms with Gasteiger partial charge in [0.1, 0.15) is 12.4 Å². The van der Waals surface area contributed by atoms with Crippen molar-refractivity contribution >= 4 is 28.3 Å². The molecule has 0 N–H and O–H groups in total. The molecular formula is C23H27N5O3. The van der Waals surface area contributed by atoms with E-state index in [9.17, 15) is 14.9 Å². The second-order valence-electron chi connectivity index (χ2n) is 7.85. The Morgan fingerprint density at radius 1 is 1.06 bits per heavy atom. The summed E-state index contributed by atoms with van der Waals surface area (Å²) >= 11 is 0. The molecule has 3 aromatic rings. The zero-order chi connectivity index (χ0) is 21.8. The van der Waals surface area contributed by atoms with Crippen molar-refractivity contribution in [2.24, 2.45) is 0 Å². The molecule has 2 aromatic carbocycles. The monoisotopic (exact) mass is 421 g/mol. The van der Waals surface area contributed by atoms with E-state index in [1.54, 1.807) is 12.1 Å². The third kappa shape index (κ3) is 4.52. The van der Waals surface area contributed by atoms with Crippen LogP contribution in [0.25, 0.3) is 11.0 Å². The molecule has 1 amide bonds. The summed E-state index contributed by atoms with van der Waals surface area (Å²) in [5, 5.41) is 10.8. The number of non-ortho nitro benzene ring substituents is 1. The molecule has 8 heteroatoms. The fourth-order valence-corrected chi connectivity index (χ4v) is 4.06. The van der Waals surface area contributed by atoms with E-state index in [0.29, 0.717) is 32.7 Å². The Hall–Kier alpha value is -3.42. The van der Waals surface area contributed by atoms with Crippen molar-refractivity contribution in [3.8, 4) is 0 Å². The first kappa shape index (κ1) is 20.8. The van der Waals surface area contributed by atoms with Crippen molar-refractivity contribution in [1.82, 2.24) is 14.5 Å². The molecule has 1 fully saturated rings. The van der Waals surface area contributed by atoms with E-state index in [2.05, 4.69) is 16.4 Å². The standard InChI is InChI=1S/C23H27N5O3/c1-2-3-8-22-24-20-6-4-5-7-21(20)27(22)17-23(29)26-15-13-25(14-16-26)18-9-11-19(12-10-18)28(30)31/h4-7,9-12H,2-3,8,13-17H2,1H3. The molecule has 0 radical (unpaired) electrons. The number of nitrogens with zero attached hydrogens (tertiary/aromatic N) is 5.